The Morgan fingerprint density at radius 1 is 1.33 bits per heavy atom. The van der Waals surface area contributed by atoms with Crippen LogP contribution in [-0.4, -0.2) is 15.8 Å². The van der Waals surface area contributed by atoms with Gasteiger partial charge in [0.2, 0.25) is 0 Å². The van der Waals surface area contributed by atoms with Crippen molar-refractivity contribution >= 4 is 32.7 Å². The Hall–Kier alpha value is -1.29. The molecule has 2 aromatic rings. The molecular weight excluding hydrogens is 292 g/mol. The molecule has 0 bridgehead atoms. The molecule has 0 atom stereocenters. The van der Waals surface area contributed by atoms with Gasteiger partial charge in [-0.2, -0.15) is 0 Å². The standard InChI is InChI=1S/C14H17BrN2O/c1-17-12-8-3-2-6-10(12)11(7-4-5-9-15)13(17)14(16)18/h2-3,6,8H,4-5,7,9H2,1H3,(H2,16,18). The van der Waals surface area contributed by atoms with Crippen LogP contribution in [0.4, 0.5) is 0 Å². The molecule has 2 N–H and O–H groups in total. The molecule has 1 aromatic carbocycles. The van der Waals surface area contributed by atoms with Gasteiger partial charge in [-0.25, -0.2) is 0 Å². The molecule has 0 radical (unpaired) electrons. The quantitative estimate of drug-likeness (QED) is 0.670. The molecule has 0 saturated heterocycles. The molecule has 1 heterocycles. The molecule has 0 aliphatic rings. The number of carbonyl (C=O) groups excluding carboxylic acids is 1. The number of primary amides is 1. The number of aryl methyl sites for hydroxylation is 2. The Balaban J connectivity index is 2.53. The second-order valence-corrected chi connectivity index (χ2v) is 5.21. The number of rotatable bonds is 5. The van der Waals surface area contributed by atoms with Gasteiger partial charge in [-0.05, 0) is 30.9 Å². The van der Waals surface area contributed by atoms with Crippen LogP contribution < -0.4 is 5.73 Å². The first-order valence-corrected chi connectivity index (χ1v) is 7.21. The second-order valence-electron chi connectivity index (χ2n) is 4.41. The number of unbranched alkanes of at least 4 members (excludes halogenated alkanes) is 1. The molecule has 0 saturated carbocycles. The predicted molar refractivity (Wildman–Crippen MR) is 78.2 cm³/mol. The molecule has 2 rings (SSSR count). The molecule has 1 aromatic heterocycles. The maximum atomic E-state index is 11.6. The summed E-state index contributed by atoms with van der Waals surface area (Å²) in [4.78, 5) is 11.6. The summed E-state index contributed by atoms with van der Waals surface area (Å²) in [5.41, 5.74) is 8.31. The van der Waals surface area contributed by atoms with E-state index in [0.717, 1.165) is 41.1 Å². The Morgan fingerprint density at radius 3 is 2.72 bits per heavy atom. The number of halogens is 1. The molecule has 0 fully saturated rings. The number of para-hydroxylation sites is 1. The lowest BCUT2D eigenvalue weighted by atomic mass is 10.0. The molecule has 4 heteroatoms. The van der Waals surface area contributed by atoms with Crippen LogP contribution in [0.5, 0.6) is 0 Å². The summed E-state index contributed by atoms with van der Waals surface area (Å²) in [5.74, 6) is -0.345. The topological polar surface area (TPSA) is 48.0 Å². The molecule has 96 valence electrons. The van der Waals surface area contributed by atoms with E-state index in [2.05, 4.69) is 22.0 Å². The summed E-state index contributed by atoms with van der Waals surface area (Å²) in [7, 11) is 1.90. The largest absolute Gasteiger partial charge is 0.364 e. The molecule has 0 aliphatic carbocycles. The number of nitrogens with two attached hydrogens (primary N) is 1. The van der Waals surface area contributed by atoms with Crippen molar-refractivity contribution in [3.8, 4) is 0 Å². The van der Waals surface area contributed by atoms with E-state index >= 15 is 0 Å². The van der Waals surface area contributed by atoms with Gasteiger partial charge in [-0.1, -0.05) is 34.1 Å². The lowest BCUT2D eigenvalue weighted by Crippen LogP contribution is -2.17. The van der Waals surface area contributed by atoms with Gasteiger partial charge in [0.25, 0.3) is 5.91 Å². The van der Waals surface area contributed by atoms with Crippen molar-refractivity contribution in [2.24, 2.45) is 12.8 Å². The van der Waals surface area contributed by atoms with E-state index in [-0.39, 0.29) is 5.91 Å². The minimum atomic E-state index is -0.345. The Morgan fingerprint density at radius 2 is 2.06 bits per heavy atom. The van der Waals surface area contributed by atoms with E-state index in [4.69, 9.17) is 5.73 Å². The second kappa shape index (κ2) is 5.57. The van der Waals surface area contributed by atoms with Crippen molar-refractivity contribution in [3.05, 3.63) is 35.5 Å². The molecule has 0 spiro atoms. The van der Waals surface area contributed by atoms with Crippen LogP contribution in [0, 0.1) is 0 Å². The van der Waals surface area contributed by atoms with Gasteiger partial charge in [0.05, 0.1) is 0 Å². The number of benzene rings is 1. The van der Waals surface area contributed by atoms with Gasteiger partial charge in [0.15, 0.2) is 0 Å². The molecule has 3 nitrogen and oxygen atoms in total. The summed E-state index contributed by atoms with van der Waals surface area (Å²) in [6.07, 6.45) is 3.05. The summed E-state index contributed by atoms with van der Waals surface area (Å²) in [6, 6.07) is 8.07. The fourth-order valence-corrected chi connectivity index (χ4v) is 2.83. The molecule has 0 aliphatic heterocycles. The molecule has 18 heavy (non-hydrogen) atoms. The number of fused-ring (bicyclic) bond motifs is 1. The maximum absolute atomic E-state index is 11.6. The van der Waals surface area contributed by atoms with E-state index in [1.807, 2.05) is 29.8 Å². The average Bonchev–Trinajstić information content (AvgIpc) is 2.64. The lowest BCUT2D eigenvalue weighted by Gasteiger charge is -2.03. The van der Waals surface area contributed by atoms with Gasteiger partial charge < -0.3 is 10.3 Å². The van der Waals surface area contributed by atoms with Crippen molar-refractivity contribution in [1.29, 1.82) is 0 Å². The minimum Gasteiger partial charge on any atom is -0.364 e. The third-order valence-electron chi connectivity index (χ3n) is 3.26. The van der Waals surface area contributed by atoms with E-state index in [9.17, 15) is 4.79 Å². The zero-order chi connectivity index (χ0) is 13.1. The number of aromatic nitrogens is 1. The zero-order valence-electron chi connectivity index (χ0n) is 10.4. The zero-order valence-corrected chi connectivity index (χ0v) is 12.0. The minimum absolute atomic E-state index is 0.345. The molecular formula is C14H17BrN2O. The Bertz CT molecular complexity index is 574. The lowest BCUT2D eigenvalue weighted by molar-refractivity contribution is 0.0992. The number of alkyl halides is 1. The van der Waals surface area contributed by atoms with Gasteiger partial charge >= 0.3 is 0 Å². The van der Waals surface area contributed by atoms with Crippen LogP contribution in [-0.2, 0) is 13.5 Å². The van der Waals surface area contributed by atoms with Crippen molar-refractivity contribution < 1.29 is 4.79 Å². The maximum Gasteiger partial charge on any atom is 0.265 e. The third-order valence-corrected chi connectivity index (χ3v) is 3.82. The Labute approximate surface area is 115 Å². The van der Waals surface area contributed by atoms with Crippen molar-refractivity contribution in [3.63, 3.8) is 0 Å². The van der Waals surface area contributed by atoms with Crippen LogP contribution in [0.3, 0.4) is 0 Å². The molecule has 0 unspecified atom stereocenters. The highest BCUT2D eigenvalue weighted by molar-refractivity contribution is 9.09. The van der Waals surface area contributed by atoms with E-state index in [1.165, 1.54) is 0 Å². The number of hydrogen-bond donors (Lipinski definition) is 1. The molecule has 1 amide bonds. The first-order valence-electron chi connectivity index (χ1n) is 6.09. The van der Waals surface area contributed by atoms with Gasteiger partial charge in [0, 0.05) is 23.3 Å². The summed E-state index contributed by atoms with van der Waals surface area (Å²) >= 11 is 3.43. The highest BCUT2D eigenvalue weighted by Crippen LogP contribution is 2.26. The first-order chi connectivity index (χ1) is 8.66. The monoisotopic (exact) mass is 308 g/mol. The van der Waals surface area contributed by atoms with E-state index in [1.54, 1.807) is 0 Å². The van der Waals surface area contributed by atoms with Crippen LogP contribution in [0.2, 0.25) is 0 Å². The van der Waals surface area contributed by atoms with E-state index < -0.39 is 0 Å². The fraction of sp³-hybridized carbons (Fsp3) is 0.357. The predicted octanol–water partition coefficient (Wildman–Crippen LogP) is 2.99. The summed E-state index contributed by atoms with van der Waals surface area (Å²) in [5, 5.41) is 2.13. The SMILES string of the molecule is Cn1c(C(N)=O)c(CCCCBr)c2ccccc21. The van der Waals surface area contributed by atoms with Crippen LogP contribution >= 0.6 is 15.9 Å². The average molecular weight is 309 g/mol. The van der Waals surface area contributed by atoms with E-state index in [0.29, 0.717) is 5.69 Å². The van der Waals surface area contributed by atoms with Crippen molar-refractivity contribution in [1.82, 2.24) is 4.57 Å². The van der Waals surface area contributed by atoms with Gasteiger partial charge in [-0.15, -0.1) is 0 Å². The normalized spacial score (nSPS) is 11.0. The Kier molecular flexibility index (Phi) is 4.07. The van der Waals surface area contributed by atoms with Crippen LogP contribution in [0.1, 0.15) is 28.9 Å². The fourth-order valence-electron chi connectivity index (χ4n) is 2.44. The van der Waals surface area contributed by atoms with Crippen molar-refractivity contribution in [2.45, 2.75) is 19.3 Å². The van der Waals surface area contributed by atoms with Gasteiger partial charge in [0.1, 0.15) is 5.69 Å². The highest BCUT2D eigenvalue weighted by Gasteiger charge is 2.17. The third kappa shape index (κ3) is 2.29. The summed E-state index contributed by atoms with van der Waals surface area (Å²) in [6.45, 7) is 0. The van der Waals surface area contributed by atoms with Crippen LogP contribution in [0.25, 0.3) is 10.9 Å². The van der Waals surface area contributed by atoms with Gasteiger partial charge in [-0.3, -0.25) is 4.79 Å². The smallest absolute Gasteiger partial charge is 0.265 e. The summed E-state index contributed by atoms with van der Waals surface area (Å²) < 4.78 is 1.90. The number of nitrogens with zero attached hydrogens (tertiary/aromatic N) is 1. The number of amides is 1. The number of carbonyl (C=O) groups is 1. The first kappa shape index (κ1) is 13.1. The number of hydrogen-bond acceptors (Lipinski definition) is 1. The van der Waals surface area contributed by atoms with Crippen molar-refractivity contribution in [2.75, 3.05) is 5.33 Å². The highest BCUT2D eigenvalue weighted by atomic mass is 79.9. The van der Waals surface area contributed by atoms with Crippen LogP contribution in [0.15, 0.2) is 24.3 Å².